The zero-order chi connectivity index (χ0) is 18.4. The first kappa shape index (κ1) is 18.8. The number of carbonyl (C=O) groups excluding carboxylic acids is 2. The van der Waals surface area contributed by atoms with Crippen LogP contribution in [0.2, 0.25) is 5.02 Å². The lowest BCUT2D eigenvalue weighted by Crippen LogP contribution is -2.41. The Labute approximate surface area is 151 Å². The molecule has 0 aliphatic carbocycles. The third-order valence-electron chi connectivity index (χ3n) is 3.35. The van der Waals surface area contributed by atoms with E-state index in [2.05, 4.69) is 5.32 Å². The number of amides is 1. The maximum absolute atomic E-state index is 12.2. The first-order chi connectivity index (χ1) is 11.8. The van der Waals surface area contributed by atoms with Crippen LogP contribution < -0.4 is 10.1 Å². The van der Waals surface area contributed by atoms with Crippen molar-refractivity contribution in [3.63, 3.8) is 0 Å². The van der Waals surface area contributed by atoms with Crippen LogP contribution >= 0.6 is 11.6 Å². The number of benzene rings is 2. The van der Waals surface area contributed by atoms with Gasteiger partial charge >= 0.3 is 5.97 Å². The summed E-state index contributed by atoms with van der Waals surface area (Å²) in [5.41, 5.74) is 0.492. The van der Waals surface area contributed by atoms with Gasteiger partial charge in [0.25, 0.3) is 5.91 Å². The molecule has 0 saturated heterocycles. The summed E-state index contributed by atoms with van der Waals surface area (Å²) in [4.78, 5) is 24.1. The third-order valence-corrected chi connectivity index (χ3v) is 3.60. The van der Waals surface area contributed by atoms with Crippen LogP contribution in [0.4, 0.5) is 5.69 Å². The van der Waals surface area contributed by atoms with E-state index in [4.69, 9.17) is 21.1 Å². The molecule has 2 aromatic carbocycles. The minimum absolute atomic E-state index is 0.389. The number of aryl methyl sites for hydroxylation is 1. The molecule has 25 heavy (non-hydrogen) atoms. The maximum Gasteiger partial charge on any atom is 0.350 e. The molecule has 0 atom stereocenters. The Kier molecular flexibility index (Phi) is 6.04. The van der Waals surface area contributed by atoms with Crippen LogP contribution in [0, 0.1) is 6.92 Å². The molecule has 1 amide bonds. The normalized spacial score (nSPS) is 10.9. The van der Waals surface area contributed by atoms with E-state index >= 15 is 0 Å². The molecule has 0 aromatic heterocycles. The number of hydrogen-bond acceptors (Lipinski definition) is 4. The highest BCUT2D eigenvalue weighted by molar-refractivity contribution is 6.30. The fourth-order valence-corrected chi connectivity index (χ4v) is 2.10. The van der Waals surface area contributed by atoms with Gasteiger partial charge in [0.2, 0.25) is 0 Å². The Morgan fingerprint density at radius 3 is 2.24 bits per heavy atom. The largest absolute Gasteiger partial charge is 0.476 e. The lowest BCUT2D eigenvalue weighted by atomic mass is 10.1. The number of carbonyl (C=O) groups is 2. The van der Waals surface area contributed by atoms with Crippen LogP contribution in [0.3, 0.4) is 0 Å². The fraction of sp³-hybridized carbons (Fsp3) is 0.263. The van der Waals surface area contributed by atoms with Gasteiger partial charge in [-0.1, -0.05) is 29.3 Å². The Morgan fingerprint density at radius 1 is 1.04 bits per heavy atom. The Hall–Kier alpha value is -2.53. The van der Waals surface area contributed by atoms with E-state index in [9.17, 15) is 9.59 Å². The van der Waals surface area contributed by atoms with Crippen LogP contribution in [0.25, 0.3) is 0 Å². The summed E-state index contributed by atoms with van der Waals surface area (Å²) < 4.78 is 10.7. The molecule has 1 N–H and O–H groups in total. The highest BCUT2D eigenvalue weighted by atomic mass is 35.5. The number of nitrogens with one attached hydrogen (secondary N) is 1. The minimum atomic E-state index is -1.24. The summed E-state index contributed by atoms with van der Waals surface area (Å²) >= 11 is 5.81. The number of rotatable bonds is 6. The molecule has 0 radical (unpaired) electrons. The molecule has 6 heteroatoms. The van der Waals surface area contributed by atoms with Crippen molar-refractivity contribution in [1.82, 2.24) is 0 Å². The van der Waals surface area contributed by atoms with E-state index in [0.717, 1.165) is 5.56 Å². The first-order valence-electron chi connectivity index (χ1n) is 7.74. The summed E-state index contributed by atoms with van der Waals surface area (Å²) in [6.07, 6.45) is 0. The van der Waals surface area contributed by atoms with Crippen molar-refractivity contribution in [2.24, 2.45) is 0 Å². The quantitative estimate of drug-likeness (QED) is 0.790. The SMILES string of the molecule is Cc1ccc(NC(=O)COC(=O)C(C)(C)Oc2ccc(Cl)cc2)cc1. The summed E-state index contributed by atoms with van der Waals surface area (Å²) in [5, 5.41) is 3.23. The summed E-state index contributed by atoms with van der Waals surface area (Å²) in [6, 6.07) is 13.9. The predicted molar refractivity (Wildman–Crippen MR) is 96.9 cm³/mol. The van der Waals surface area contributed by atoms with E-state index in [0.29, 0.717) is 16.5 Å². The second-order valence-electron chi connectivity index (χ2n) is 6.06. The zero-order valence-corrected chi connectivity index (χ0v) is 15.1. The van der Waals surface area contributed by atoms with Gasteiger partial charge in [-0.3, -0.25) is 4.79 Å². The van der Waals surface area contributed by atoms with Gasteiger partial charge in [-0.05, 0) is 57.2 Å². The van der Waals surface area contributed by atoms with Gasteiger partial charge in [0, 0.05) is 10.7 Å². The number of ether oxygens (including phenoxy) is 2. The van der Waals surface area contributed by atoms with Gasteiger partial charge in [-0.25, -0.2) is 4.79 Å². The molecule has 0 spiro atoms. The summed E-state index contributed by atoms with van der Waals surface area (Å²) in [5.74, 6) is -0.573. The molecule has 0 aliphatic heterocycles. The van der Waals surface area contributed by atoms with Crippen molar-refractivity contribution in [3.8, 4) is 5.75 Å². The molecule has 2 aromatic rings. The Balaban J connectivity index is 1.86. The highest BCUT2D eigenvalue weighted by Crippen LogP contribution is 2.21. The lowest BCUT2D eigenvalue weighted by Gasteiger charge is -2.24. The minimum Gasteiger partial charge on any atom is -0.476 e. The van der Waals surface area contributed by atoms with Crippen molar-refractivity contribution in [3.05, 3.63) is 59.1 Å². The molecule has 0 heterocycles. The molecule has 0 unspecified atom stereocenters. The van der Waals surface area contributed by atoms with Crippen LogP contribution in [0.15, 0.2) is 48.5 Å². The van der Waals surface area contributed by atoms with Gasteiger partial charge < -0.3 is 14.8 Å². The molecule has 0 bridgehead atoms. The third kappa shape index (κ3) is 5.80. The van der Waals surface area contributed by atoms with E-state index in [-0.39, 0.29) is 6.61 Å². The molecular weight excluding hydrogens is 342 g/mol. The zero-order valence-electron chi connectivity index (χ0n) is 14.3. The lowest BCUT2D eigenvalue weighted by molar-refractivity contribution is -0.161. The number of hydrogen-bond donors (Lipinski definition) is 1. The van der Waals surface area contributed by atoms with Crippen molar-refractivity contribution >= 4 is 29.2 Å². The Bertz CT molecular complexity index is 739. The molecule has 0 saturated carbocycles. The van der Waals surface area contributed by atoms with Crippen LogP contribution in [-0.4, -0.2) is 24.1 Å². The second kappa shape index (κ2) is 8.03. The van der Waals surface area contributed by atoms with Gasteiger partial charge in [-0.2, -0.15) is 0 Å². The van der Waals surface area contributed by atoms with Crippen molar-refractivity contribution in [2.45, 2.75) is 26.4 Å². The van der Waals surface area contributed by atoms with Gasteiger partial charge in [0.15, 0.2) is 12.2 Å². The molecule has 0 aliphatic rings. The van der Waals surface area contributed by atoms with Gasteiger partial charge in [0.1, 0.15) is 5.75 Å². The Morgan fingerprint density at radius 2 is 1.64 bits per heavy atom. The highest BCUT2D eigenvalue weighted by Gasteiger charge is 2.32. The predicted octanol–water partition coefficient (Wildman–Crippen LogP) is 3.99. The first-order valence-corrected chi connectivity index (χ1v) is 8.12. The second-order valence-corrected chi connectivity index (χ2v) is 6.49. The van der Waals surface area contributed by atoms with Gasteiger partial charge in [0.05, 0.1) is 0 Å². The molecular formula is C19H20ClNO4. The van der Waals surface area contributed by atoms with E-state index in [1.165, 1.54) is 0 Å². The summed E-state index contributed by atoms with van der Waals surface area (Å²) in [7, 11) is 0. The monoisotopic (exact) mass is 361 g/mol. The van der Waals surface area contributed by atoms with E-state index in [1.54, 1.807) is 50.2 Å². The molecule has 0 fully saturated rings. The van der Waals surface area contributed by atoms with Crippen LogP contribution in [0.1, 0.15) is 19.4 Å². The van der Waals surface area contributed by atoms with Crippen LogP contribution in [0.5, 0.6) is 5.75 Å². The van der Waals surface area contributed by atoms with Gasteiger partial charge in [-0.15, -0.1) is 0 Å². The molecule has 2 rings (SSSR count). The van der Waals surface area contributed by atoms with E-state index in [1.807, 2.05) is 19.1 Å². The summed E-state index contributed by atoms with van der Waals surface area (Å²) in [6.45, 7) is 4.71. The average Bonchev–Trinajstić information content (AvgIpc) is 2.56. The smallest absolute Gasteiger partial charge is 0.350 e. The number of esters is 1. The standard InChI is InChI=1S/C19H20ClNO4/c1-13-4-8-15(9-5-13)21-17(22)12-24-18(23)19(2,3)25-16-10-6-14(20)7-11-16/h4-11H,12H2,1-3H3,(H,21,22). The molecule has 132 valence electrons. The van der Waals surface area contributed by atoms with E-state index < -0.39 is 17.5 Å². The van der Waals surface area contributed by atoms with Crippen molar-refractivity contribution in [2.75, 3.05) is 11.9 Å². The fourth-order valence-electron chi connectivity index (χ4n) is 1.98. The number of halogens is 1. The number of anilines is 1. The topological polar surface area (TPSA) is 64.6 Å². The van der Waals surface area contributed by atoms with Crippen LogP contribution in [-0.2, 0) is 14.3 Å². The average molecular weight is 362 g/mol. The van der Waals surface area contributed by atoms with Crippen molar-refractivity contribution in [1.29, 1.82) is 0 Å². The maximum atomic E-state index is 12.2. The molecule has 5 nitrogen and oxygen atoms in total. The van der Waals surface area contributed by atoms with Crippen molar-refractivity contribution < 1.29 is 19.1 Å².